The maximum absolute atomic E-state index is 12.7. The van der Waals surface area contributed by atoms with Gasteiger partial charge in [0, 0.05) is 37.1 Å². The van der Waals surface area contributed by atoms with Crippen molar-refractivity contribution in [2.75, 3.05) is 37.6 Å². The van der Waals surface area contributed by atoms with Gasteiger partial charge in [0.1, 0.15) is 12.2 Å². The van der Waals surface area contributed by atoms with Crippen molar-refractivity contribution >= 4 is 57.6 Å². The summed E-state index contributed by atoms with van der Waals surface area (Å²) in [7, 11) is 0. The summed E-state index contributed by atoms with van der Waals surface area (Å²) >= 11 is 2.29. The number of carbonyl (C=O) groups is 3. The van der Waals surface area contributed by atoms with E-state index in [9.17, 15) is 24.5 Å². The molecule has 2 saturated heterocycles. The van der Waals surface area contributed by atoms with Crippen molar-refractivity contribution < 1.29 is 19.3 Å². The van der Waals surface area contributed by atoms with Crippen LogP contribution in [0.3, 0.4) is 0 Å². The van der Waals surface area contributed by atoms with Crippen LogP contribution < -0.4 is 4.90 Å². The Balaban J connectivity index is 1.37. The molecular weight excluding hydrogens is 440 g/mol. The number of amides is 3. The fraction of sp³-hybridized carbons (Fsp3) is 0.250. The summed E-state index contributed by atoms with van der Waals surface area (Å²) in [5, 5.41) is 12.7. The van der Waals surface area contributed by atoms with Crippen LogP contribution in [0.1, 0.15) is 4.88 Å². The Morgan fingerprint density at radius 3 is 2.52 bits per heavy atom. The Morgan fingerprint density at radius 1 is 1.10 bits per heavy atom. The molecule has 0 spiro atoms. The van der Waals surface area contributed by atoms with E-state index in [1.807, 2.05) is 22.4 Å². The van der Waals surface area contributed by atoms with E-state index >= 15 is 0 Å². The molecule has 2 aliphatic rings. The first kappa shape index (κ1) is 21.1. The Hall–Kier alpha value is -3.18. The van der Waals surface area contributed by atoms with E-state index < -0.39 is 16.1 Å². The van der Waals surface area contributed by atoms with Gasteiger partial charge in [-0.2, -0.15) is 0 Å². The van der Waals surface area contributed by atoms with Crippen LogP contribution in [-0.2, 0) is 9.59 Å². The zero-order chi connectivity index (χ0) is 22.0. The van der Waals surface area contributed by atoms with Gasteiger partial charge in [0.15, 0.2) is 0 Å². The van der Waals surface area contributed by atoms with Crippen LogP contribution in [-0.4, -0.2) is 64.5 Å². The zero-order valence-corrected chi connectivity index (χ0v) is 17.9. The highest BCUT2D eigenvalue weighted by molar-refractivity contribution is 8.18. The van der Waals surface area contributed by atoms with Crippen LogP contribution in [0.25, 0.3) is 6.08 Å². The highest BCUT2D eigenvalue weighted by Crippen LogP contribution is 2.33. The van der Waals surface area contributed by atoms with E-state index in [0.717, 1.165) is 21.5 Å². The van der Waals surface area contributed by atoms with Gasteiger partial charge in [-0.15, -0.1) is 11.3 Å². The predicted molar refractivity (Wildman–Crippen MR) is 119 cm³/mol. The van der Waals surface area contributed by atoms with Gasteiger partial charge in [0.05, 0.1) is 9.83 Å². The maximum atomic E-state index is 12.7. The van der Waals surface area contributed by atoms with Gasteiger partial charge < -0.3 is 9.80 Å². The predicted octanol–water partition coefficient (Wildman–Crippen LogP) is 3.04. The fourth-order valence-corrected chi connectivity index (χ4v) is 5.02. The second kappa shape index (κ2) is 8.90. The summed E-state index contributed by atoms with van der Waals surface area (Å²) in [4.78, 5) is 54.0. The number of hydrogen-bond donors (Lipinski definition) is 0. The van der Waals surface area contributed by atoms with Crippen molar-refractivity contribution in [3.63, 3.8) is 0 Å². The molecule has 0 N–H and O–H groups in total. The summed E-state index contributed by atoms with van der Waals surface area (Å²) in [5.41, 5.74) is 0.543. The average Bonchev–Trinajstić information content (AvgIpc) is 3.38. The molecule has 160 valence electrons. The van der Waals surface area contributed by atoms with Crippen LogP contribution in [0.5, 0.6) is 0 Å². The fourth-order valence-electron chi connectivity index (χ4n) is 3.46. The lowest BCUT2D eigenvalue weighted by Crippen LogP contribution is -2.51. The van der Waals surface area contributed by atoms with Crippen LogP contribution in [0.2, 0.25) is 0 Å². The molecule has 1 aromatic heterocycles. The number of nitro benzene ring substituents is 1. The van der Waals surface area contributed by atoms with Crippen molar-refractivity contribution in [2.45, 2.75) is 0 Å². The molecule has 3 amide bonds. The average molecular weight is 459 g/mol. The molecule has 1 aromatic carbocycles. The molecule has 2 fully saturated rings. The maximum Gasteiger partial charge on any atom is 0.294 e. The molecule has 0 aliphatic carbocycles. The largest absolute Gasteiger partial charge is 0.362 e. The number of thioether (sulfide) groups is 1. The second-order valence-electron chi connectivity index (χ2n) is 6.90. The molecule has 2 aliphatic heterocycles. The van der Waals surface area contributed by atoms with Crippen LogP contribution in [0.15, 0.2) is 46.7 Å². The van der Waals surface area contributed by atoms with E-state index in [2.05, 4.69) is 0 Å². The van der Waals surface area contributed by atoms with E-state index in [0.29, 0.717) is 36.8 Å². The normalized spacial score (nSPS) is 18.2. The van der Waals surface area contributed by atoms with Crippen LogP contribution >= 0.6 is 23.1 Å². The third kappa shape index (κ3) is 4.47. The van der Waals surface area contributed by atoms with E-state index in [4.69, 9.17) is 0 Å². The molecule has 3 heterocycles. The summed E-state index contributed by atoms with van der Waals surface area (Å²) in [6.45, 7) is 1.25. The number of benzene rings is 1. The van der Waals surface area contributed by atoms with E-state index in [-0.39, 0.29) is 18.1 Å². The second-order valence-corrected chi connectivity index (χ2v) is 8.87. The molecule has 0 unspecified atom stereocenters. The third-order valence-corrected chi connectivity index (χ3v) is 6.76. The lowest BCUT2D eigenvalue weighted by Gasteiger charge is -2.36. The summed E-state index contributed by atoms with van der Waals surface area (Å²) in [5.74, 6) is -0.780. The lowest BCUT2D eigenvalue weighted by molar-refractivity contribution is -0.384. The van der Waals surface area contributed by atoms with Crippen molar-refractivity contribution in [3.05, 3.63) is 61.7 Å². The molecule has 11 heteroatoms. The number of carbonyl (C=O) groups excluding carboxylic acids is 3. The Bertz CT molecular complexity index is 1060. The first-order valence-corrected chi connectivity index (χ1v) is 11.2. The summed E-state index contributed by atoms with van der Waals surface area (Å²) < 4.78 is 0. The lowest BCUT2D eigenvalue weighted by atomic mass is 10.2. The molecule has 0 radical (unpaired) electrons. The topological polar surface area (TPSA) is 104 Å². The van der Waals surface area contributed by atoms with Gasteiger partial charge in [-0.3, -0.25) is 29.4 Å². The number of nitro groups is 1. The van der Waals surface area contributed by atoms with Gasteiger partial charge in [-0.25, -0.2) is 0 Å². The van der Waals surface area contributed by atoms with Crippen molar-refractivity contribution in [2.24, 2.45) is 0 Å². The Kier molecular flexibility index (Phi) is 6.05. The van der Waals surface area contributed by atoms with E-state index in [1.54, 1.807) is 29.2 Å². The quantitative estimate of drug-likeness (QED) is 0.385. The molecule has 0 atom stereocenters. The number of para-hydroxylation sites is 2. The molecule has 9 nitrogen and oxygen atoms in total. The number of hydrogen-bond acceptors (Lipinski definition) is 8. The standard InChI is InChI=1S/C20H18N4O5S2/c25-18(13-23-19(26)17(31-20(23)27)12-14-4-3-11-30-14)22-9-7-21(8-10-22)15-5-1-2-6-16(15)24(28)29/h1-6,11-12H,7-10,13H2/b17-12-. The highest BCUT2D eigenvalue weighted by Gasteiger charge is 2.37. The molecule has 2 aromatic rings. The molecular formula is C20H18N4O5S2. The third-order valence-electron chi connectivity index (χ3n) is 5.03. The van der Waals surface area contributed by atoms with Gasteiger partial charge in [-0.1, -0.05) is 18.2 Å². The number of imide groups is 1. The minimum atomic E-state index is -0.463. The van der Waals surface area contributed by atoms with Crippen molar-refractivity contribution in [3.8, 4) is 0 Å². The first-order valence-electron chi connectivity index (χ1n) is 9.49. The number of nitrogens with zero attached hydrogens (tertiary/aromatic N) is 4. The van der Waals surface area contributed by atoms with Crippen molar-refractivity contribution in [1.82, 2.24) is 9.80 Å². The number of piperazine rings is 1. The van der Waals surface area contributed by atoms with Crippen molar-refractivity contribution in [1.29, 1.82) is 0 Å². The molecule has 4 rings (SSSR count). The number of thiophene rings is 1. The number of anilines is 1. The smallest absolute Gasteiger partial charge is 0.294 e. The van der Waals surface area contributed by atoms with Gasteiger partial charge in [0.25, 0.3) is 16.8 Å². The van der Waals surface area contributed by atoms with E-state index in [1.165, 1.54) is 17.4 Å². The summed E-state index contributed by atoms with van der Waals surface area (Å²) in [6.07, 6.45) is 1.66. The summed E-state index contributed by atoms with van der Waals surface area (Å²) in [6, 6.07) is 10.2. The monoisotopic (exact) mass is 458 g/mol. The van der Waals surface area contributed by atoms with Gasteiger partial charge >= 0.3 is 0 Å². The van der Waals surface area contributed by atoms with Crippen LogP contribution in [0, 0.1) is 10.1 Å². The SMILES string of the molecule is O=C(CN1C(=O)S/C(=C\c2cccs2)C1=O)N1CCN(c2ccccc2[N+](=O)[O-])CC1. The van der Waals surface area contributed by atoms with Crippen LogP contribution in [0.4, 0.5) is 16.2 Å². The Morgan fingerprint density at radius 2 is 1.84 bits per heavy atom. The zero-order valence-electron chi connectivity index (χ0n) is 16.3. The van der Waals surface area contributed by atoms with Gasteiger partial charge in [-0.05, 0) is 35.4 Å². The molecule has 0 bridgehead atoms. The van der Waals surface area contributed by atoms with Gasteiger partial charge in [0.2, 0.25) is 5.91 Å². The first-order chi connectivity index (χ1) is 14.9. The highest BCUT2D eigenvalue weighted by atomic mass is 32.2. The minimum absolute atomic E-state index is 0.0256. The molecule has 0 saturated carbocycles. The molecule has 31 heavy (non-hydrogen) atoms. The number of rotatable bonds is 5. The minimum Gasteiger partial charge on any atom is -0.362 e. The Labute approximate surface area is 186 Å².